The van der Waals surface area contributed by atoms with Crippen LogP contribution in [0.4, 0.5) is 5.82 Å². The zero-order chi connectivity index (χ0) is 23.7. The van der Waals surface area contributed by atoms with Crippen LogP contribution in [0.5, 0.6) is 0 Å². The van der Waals surface area contributed by atoms with Crippen molar-refractivity contribution in [3.8, 4) is 0 Å². The molecular weight excluding hydrogens is 418 g/mol. The number of carbonyl (C=O) groups excluding carboxylic acids is 1. The van der Waals surface area contributed by atoms with E-state index >= 15 is 0 Å². The molecule has 2 aliphatic heterocycles. The lowest BCUT2D eigenvalue weighted by molar-refractivity contribution is 0.0984. The lowest BCUT2D eigenvalue weighted by atomic mass is 9.91. The third-order valence-corrected chi connectivity index (χ3v) is 6.95. The molecule has 2 unspecified atom stereocenters. The van der Waals surface area contributed by atoms with Crippen molar-refractivity contribution in [2.45, 2.75) is 77.8 Å². The van der Waals surface area contributed by atoms with Crippen molar-refractivity contribution >= 4 is 28.7 Å². The molecule has 1 amide bonds. The number of aromatic nitrogens is 1. The largest absolute Gasteiger partial charge is 0.368 e. The van der Waals surface area contributed by atoms with Gasteiger partial charge in [-0.2, -0.15) is 0 Å². The van der Waals surface area contributed by atoms with E-state index in [1.54, 1.807) is 6.08 Å². The van der Waals surface area contributed by atoms with Crippen LogP contribution in [0, 0.1) is 5.92 Å². The molecule has 0 saturated carbocycles. The van der Waals surface area contributed by atoms with Gasteiger partial charge in [-0.15, -0.1) is 0 Å². The third kappa shape index (κ3) is 5.55. The van der Waals surface area contributed by atoms with Crippen LogP contribution in [0.2, 0.25) is 0 Å². The molecule has 3 rings (SSSR count). The summed E-state index contributed by atoms with van der Waals surface area (Å²) in [5, 5.41) is 3.95. The first-order valence-corrected chi connectivity index (χ1v) is 12.2. The number of hydrogen-bond acceptors (Lipinski definition) is 6. The predicted octanol–water partition coefficient (Wildman–Crippen LogP) is 5.19. The van der Waals surface area contributed by atoms with E-state index in [0.29, 0.717) is 22.3 Å². The van der Waals surface area contributed by atoms with E-state index in [2.05, 4.69) is 74.6 Å². The maximum atomic E-state index is 13.3. The average Bonchev–Trinajstić information content (AvgIpc) is 3.01. The number of nitrogens with zero attached hydrogens (tertiary/aromatic N) is 3. The Morgan fingerprint density at radius 2 is 2.00 bits per heavy atom. The average molecular weight is 456 g/mol. The van der Waals surface area contributed by atoms with Crippen molar-refractivity contribution < 1.29 is 4.79 Å². The molecule has 3 heterocycles. The lowest BCUT2D eigenvalue weighted by Crippen LogP contribution is -2.40. The van der Waals surface area contributed by atoms with Gasteiger partial charge in [-0.3, -0.25) is 9.52 Å². The highest BCUT2D eigenvalue weighted by Gasteiger charge is 2.41. The standard InChI is InChI=1S/C25H37N5OS/c1-9-21-27-17(3)26-16(2)10-11-18-14-25(7,8)30(15-18)22-19(23(31)29-32-21)12-13-20(28-22)24(4,5)6/h9,12-13,16,18,26H,1,3,10-11,14-15H2,2,4-8H3,(H,29,31)/b27-21+. The molecule has 2 bridgehead atoms. The number of carbonyl (C=O) groups is 1. The van der Waals surface area contributed by atoms with E-state index < -0.39 is 0 Å². The lowest BCUT2D eigenvalue weighted by Gasteiger charge is -2.34. The van der Waals surface area contributed by atoms with E-state index in [0.717, 1.165) is 49.3 Å². The summed E-state index contributed by atoms with van der Waals surface area (Å²) in [5.41, 5.74) is 1.38. The molecule has 6 nitrogen and oxygen atoms in total. The van der Waals surface area contributed by atoms with Gasteiger partial charge in [0, 0.05) is 41.2 Å². The van der Waals surface area contributed by atoms with Crippen LogP contribution >= 0.6 is 11.9 Å². The van der Waals surface area contributed by atoms with Crippen LogP contribution in [0.15, 0.2) is 42.2 Å². The summed E-state index contributed by atoms with van der Waals surface area (Å²) < 4.78 is 2.93. The number of amides is 1. The van der Waals surface area contributed by atoms with Crippen LogP contribution < -0.4 is 14.9 Å². The first kappa shape index (κ1) is 24.4. The summed E-state index contributed by atoms with van der Waals surface area (Å²) in [6, 6.07) is 4.14. The fraction of sp³-hybridized carbons (Fsp3) is 0.560. The number of nitrogens with one attached hydrogen (secondary N) is 2. The van der Waals surface area contributed by atoms with Crippen molar-refractivity contribution in [3.05, 3.63) is 48.4 Å². The number of fused-ring (bicyclic) bond motifs is 4. The Bertz CT molecular complexity index is 931. The Morgan fingerprint density at radius 1 is 1.28 bits per heavy atom. The van der Waals surface area contributed by atoms with Gasteiger partial charge in [0.15, 0.2) is 0 Å². The SMILES string of the molecule is C=C/C1=N\C(=C)NC(C)CCC2CN(c3nc(C(C)(C)C)ccc3C(=O)NS1)C(C)(C)C2. The molecule has 1 fully saturated rings. The quantitative estimate of drug-likeness (QED) is 0.570. The van der Waals surface area contributed by atoms with Gasteiger partial charge in [0.1, 0.15) is 16.7 Å². The monoisotopic (exact) mass is 455 g/mol. The van der Waals surface area contributed by atoms with Crippen LogP contribution in [0.3, 0.4) is 0 Å². The molecule has 2 aliphatic rings. The van der Waals surface area contributed by atoms with Gasteiger partial charge in [-0.25, -0.2) is 9.98 Å². The summed E-state index contributed by atoms with van der Waals surface area (Å²) in [5.74, 6) is 1.69. The van der Waals surface area contributed by atoms with E-state index in [1.165, 1.54) is 0 Å². The second-order valence-corrected chi connectivity index (χ2v) is 11.4. The van der Waals surface area contributed by atoms with Gasteiger partial charge >= 0.3 is 0 Å². The summed E-state index contributed by atoms with van der Waals surface area (Å²) in [6.45, 7) is 21.8. The molecule has 7 heteroatoms. The molecule has 2 atom stereocenters. The van der Waals surface area contributed by atoms with Gasteiger partial charge in [0.05, 0.1) is 5.56 Å². The molecule has 1 aromatic heterocycles. The molecule has 32 heavy (non-hydrogen) atoms. The molecule has 174 valence electrons. The van der Waals surface area contributed by atoms with E-state index in [9.17, 15) is 4.79 Å². The zero-order valence-electron chi connectivity index (χ0n) is 20.3. The number of rotatable bonds is 1. The highest BCUT2D eigenvalue weighted by atomic mass is 32.2. The van der Waals surface area contributed by atoms with Crippen molar-refractivity contribution in [2.75, 3.05) is 11.4 Å². The minimum absolute atomic E-state index is 0.0819. The maximum Gasteiger partial charge on any atom is 0.265 e. The molecule has 0 radical (unpaired) electrons. The van der Waals surface area contributed by atoms with Crippen molar-refractivity contribution in [1.29, 1.82) is 0 Å². The third-order valence-electron chi connectivity index (χ3n) is 6.19. The normalized spacial score (nSPS) is 26.1. The zero-order valence-corrected chi connectivity index (χ0v) is 21.1. The van der Waals surface area contributed by atoms with Gasteiger partial charge < -0.3 is 10.2 Å². The Balaban J connectivity index is 2.06. The number of anilines is 1. The Morgan fingerprint density at radius 3 is 2.66 bits per heavy atom. The molecule has 0 aromatic carbocycles. The molecule has 0 spiro atoms. The van der Waals surface area contributed by atoms with Crippen LogP contribution in [-0.4, -0.2) is 34.1 Å². The van der Waals surface area contributed by atoms with Crippen LogP contribution in [0.25, 0.3) is 0 Å². The maximum absolute atomic E-state index is 13.3. The number of pyridine rings is 1. The van der Waals surface area contributed by atoms with Gasteiger partial charge in [-0.1, -0.05) is 33.9 Å². The Labute approximate surface area is 197 Å². The summed E-state index contributed by atoms with van der Waals surface area (Å²) in [4.78, 5) is 25.1. The van der Waals surface area contributed by atoms with E-state index in [1.807, 2.05) is 12.1 Å². The highest BCUT2D eigenvalue weighted by molar-refractivity contribution is 8.13. The smallest absolute Gasteiger partial charge is 0.265 e. The van der Waals surface area contributed by atoms with Gasteiger partial charge in [0.2, 0.25) is 0 Å². The fourth-order valence-electron chi connectivity index (χ4n) is 4.47. The topological polar surface area (TPSA) is 69.6 Å². The number of hydrogen-bond donors (Lipinski definition) is 2. The van der Waals surface area contributed by atoms with Crippen molar-refractivity contribution in [1.82, 2.24) is 15.0 Å². The Kier molecular flexibility index (Phi) is 7.08. The van der Waals surface area contributed by atoms with Gasteiger partial charge in [-0.05, 0) is 64.2 Å². The summed E-state index contributed by atoms with van der Waals surface area (Å²) in [6.07, 6.45) is 4.81. The second kappa shape index (κ2) is 9.30. The Hall–Kier alpha value is -2.28. The summed E-state index contributed by atoms with van der Waals surface area (Å²) >= 11 is 1.14. The molecule has 0 aliphatic carbocycles. The first-order chi connectivity index (χ1) is 14.9. The van der Waals surface area contributed by atoms with Crippen LogP contribution in [-0.2, 0) is 5.41 Å². The first-order valence-electron chi connectivity index (χ1n) is 11.3. The predicted molar refractivity (Wildman–Crippen MR) is 136 cm³/mol. The molecule has 2 N–H and O–H groups in total. The van der Waals surface area contributed by atoms with Crippen molar-refractivity contribution in [3.63, 3.8) is 0 Å². The number of aliphatic imine (C=N–C) groups is 1. The molecule has 1 aromatic rings. The minimum Gasteiger partial charge on any atom is -0.368 e. The van der Waals surface area contributed by atoms with Crippen molar-refractivity contribution in [2.24, 2.45) is 10.9 Å². The fourth-order valence-corrected chi connectivity index (χ4v) is 5.02. The molecular formula is C25H37N5OS. The van der Waals surface area contributed by atoms with Gasteiger partial charge in [0.25, 0.3) is 5.91 Å². The van der Waals surface area contributed by atoms with Crippen LogP contribution in [0.1, 0.15) is 76.9 Å². The molecule has 1 saturated heterocycles. The summed E-state index contributed by atoms with van der Waals surface area (Å²) in [7, 11) is 0. The van der Waals surface area contributed by atoms with E-state index in [4.69, 9.17) is 4.98 Å². The highest BCUT2D eigenvalue weighted by Crippen LogP contribution is 2.40. The second-order valence-electron chi connectivity index (χ2n) is 10.6. The minimum atomic E-state index is -0.187. The van der Waals surface area contributed by atoms with E-state index in [-0.39, 0.29) is 22.9 Å².